The molecule has 1 heterocycles. The minimum Gasteiger partial charge on any atom is -0.497 e. The number of benzene rings is 1. The van der Waals surface area contributed by atoms with E-state index in [2.05, 4.69) is 4.98 Å². The second-order valence-electron chi connectivity index (χ2n) is 3.54. The molecule has 82 valence electrons. The standard InChI is InChI=1S/C13H14N2O/c1-16-12-6-2-4-10(8-12)13(14)11-5-3-7-15-9-11/h2-9,13H,14H2,1H3. The van der Waals surface area contributed by atoms with Crippen molar-refractivity contribution in [3.05, 3.63) is 59.9 Å². The number of hydrogen-bond acceptors (Lipinski definition) is 3. The lowest BCUT2D eigenvalue weighted by atomic mass is 10.0. The van der Waals surface area contributed by atoms with Crippen molar-refractivity contribution in [2.75, 3.05) is 7.11 Å². The topological polar surface area (TPSA) is 48.1 Å². The van der Waals surface area contributed by atoms with Gasteiger partial charge in [0.1, 0.15) is 5.75 Å². The first kappa shape index (κ1) is 10.6. The number of methoxy groups -OCH3 is 1. The summed E-state index contributed by atoms with van der Waals surface area (Å²) in [6, 6.07) is 11.5. The number of nitrogens with two attached hydrogens (primary N) is 1. The molecule has 0 saturated heterocycles. The average Bonchev–Trinajstić information content (AvgIpc) is 2.39. The molecule has 0 saturated carbocycles. The van der Waals surface area contributed by atoms with Crippen LogP contribution >= 0.6 is 0 Å². The Morgan fingerprint density at radius 2 is 2.00 bits per heavy atom. The van der Waals surface area contributed by atoms with Gasteiger partial charge in [-0.3, -0.25) is 4.98 Å². The first-order valence-corrected chi connectivity index (χ1v) is 5.10. The van der Waals surface area contributed by atoms with E-state index in [-0.39, 0.29) is 6.04 Å². The Bertz CT molecular complexity index is 456. The molecule has 0 aliphatic heterocycles. The highest BCUT2D eigenvalue weighted by atomic mass is 16.5. The molecule has 0 aliphatic rings. The van der Waals surface area contributed by atoms with Gasteiger partial charge in [-0.05, 0) is 29.3 Å². The van der Waals surface area contributed by atoms with E-state index in [9.17, 15) is 0 Å². The SMILES string of the molecule is COc1cccc(C(N)c2cccnc2)c1. The predicted octanol–water partition coefficient (Wildman–Crippen LogP) is 2.14. The molecule has 0 bridgehead atoms. The molecule has 16 heavy (non-hydrogen) atoms. The molecule has 1 aromatic heterocycles. The van der Waals surface area contributed by atoms with Crippen molar-refractivity contribution < 1.29 is 4.74 Å². The van der Waals surface area contributed by atoms with Gasteiger partial charge in [0.25, 0.3) is 0 Å². The smallest absolute Gasteiger partial charge is 0.119 e. The number of pyridine rings is 1. The van der Waals surface area contributed by atoms with Crippen molar-refractivity contribution in [3.63, 3.8) is 0 Å². The van der Waals surface area contributed by atoms with Crippen LogP contribution in [0.4, 0.5) is 0 Å². The van der Waals surface area contributed by atoms with E-state index in [4.69, 9.17) is 10.5 Å². The van der Waals surface area contributed by atoms with Crippen LogP contribution < -0.4 is 10.5 Å². The van der Waals surface area contributed by atoms with E-state index in [1.807, 2.05) is 36.4 Å². The Morgan fingerprint density at radius 1 is 1.19 bits per heavy atom. The average molecular weight is 214 g/mol. The lowest BCUT2D eigenvalue weighted by Gasteiger charge is -2.12. The zero-order chi connectivity index (χ0) is 11.4. The van der Waals surface area contributed by atoms with Crippen molar-refractivity contribution in [3.8, 4) is 5.75 Å². The second-order valence-corrected chi connectivity index (χ2v) is 3.54. The molecule has 1 aromatic carbocycles. The first-order chi connectivity index (χ1) is 7.81. The van der Waals surface area contributed by atoms with Crippen LogP contribution in [0, 0.1) is 0 Å². The summed E-state index contributed by atoms with van der Waals surface area (Å²) in [7, 11) is 1.65. The monoisotopic (exact) mass is 214 g/mol. The molecular weight excluding hydrogens is 200 g/mol. The van der Waals surface area contributed by atoms with Gasteiger partial charge >= 0.3 is 0 Å². The van der Waals surface area contributed by atoms with Gasteiger partial charge in [-0.25, -0.2) is 0 Å². The summed E-state index contributed by atoms with van der Waals surface area (Å²) in [5, 5.41) is 0. The number of ether oxygens (including phenoxy) is 1. The lowest BCUT2D eigenvalue weighted by Crippen LogP contribution is -2.11. The van der Waals surface area contributed by atoms with Crippen molar-refractivity contribution >= 4 is 0 Å². The third-order valence-corrected chi connectivity index (χ3v) is 2.50. The zero-order valence-electron chi connectivity index (χ0n) is 9.13. The van der Waals surface area contributed by atoms with Crippen LogP contribution in [0.2, 0.25) is 0 Å². The molecule has 2 rings (SSSR count). The molecular formula is C13H14N2O. The fraction of sp³-hybridized carbons (Fsp3) is 0.154. The zero-order valence-corrected chi connectivity index (χ0v) is 9.13. The maximum Gasteiger partial charge on any atom is 0.119 e. The van der Waals surface area contributed by atoms with Crippen LogP contribution in [-0.2, 0) is 0 Å². The number of rotatable bonds is 3. The van der Waals surface area contributed by atoms with Gasteiger partial charge in [0.2, 0.25) is 0 Å². The Kier molecular flexibility index (Phi) is 3.17. The number of aromatic nitrogens is 1. The molecule has 1 atom stereocenters. The van der Waals surface area contributed by atoms with Gasteiger partial charge in [0, 0.05) is 12.4 Å². The highest BCUT2D eigenvalue weighted by molar-refractivity contribution is 5.35. The normalized spacial score (nSPS) is 12.1. The highest BCUT2D eigenvalue weighted by Gasteiger charge is 2.09. The van der Waals surface area contributed by atoms with Crippen LogP contribution in [0.1, 0.15) is 17.2 Å². The van der Waals surface area contributed by atoms with E-state index in [0.717, 1.165) is 16.9 Å². The Labute approximate surface area is 94.9 Å². The maximum atomic E-state index is 6.14. The first-order valence-electron chi connectivity index (χ1n) is 5.10. The van der Waals surface area contributed by atoms with Crippen molar-refractivity contribution in [1.29, 1.82) is 0 Å². The quantitative estimate of drug-likeness (QED) is 0.851. The summed E-state index contributed by atoms with van der Waals surface area (Å²) in [6.07, 6.45) is 3.52. The van der Waals surface area contributed by atoms with Gasteiger partial charge in [-0.2, -0.15) is 0 Å². The number of nitrogens with zero attached hydrogens (tertiary/aromatic N) is 1. The molecule has 3 heteroatoms. The molecule has 0 amide bonds. The van der Waals surface area contributed by atoms with Gasteiger partial charge < -0.3 is 10.5 Å². The van der Waals surface area contributed by atoms with Crippen molar-refractivity contribution in [2.24, 2.45) is 5.73 Å². The summed E-state index contributed by atoms with van der Waals surface area (Å²) < 4.78 is 5.17. The molecule has 0 aliphatic carbocycles. The van der Waals surface area contributed by atoms with Gasteiger partial charge in [-0.15, -0.1) is 0 Å². The lowest BCUT2D eigenvalue weighted by molar-refractivity contribution is 0.414. The van der Waals surface area contributed by atoms with Crippen LogP contribution in [0.15, 0.2) is 48.8 Å². The Morgan fingerprint density at radius 3 is 2.69 bits per heavy atom. The molecule has 2 aromatic rings. The molecule has 1 unspecified atom stereocenters. The molecule has 0 spiro atoms. The molecule has 0 radical (unpaired) electrons. The van der Waals surface area contributed by atoms with E-state index < -0.39 is 0 Å². The summed E-state index contributed by atoms with van der Waals surface area (Å²) in [5.74, 6) is 0.817. The molecule has 2 N–H and O–H groups in total. The second kappa shape index (κ2) is 4.77. The minimum absolute atomic E-state index is 0.163. The van der Waals surface area contributed by atoms with Crippen LogP contribution in [-0.4, -0.2) is 12.1 Å². The van der Waals surface area contributed by atoms with Crippen LogP contribution in [0.5, 0.6) is 5.75 Å². The van der Waals surface area contributed by atoms with Gasteiger partial charge in [0.05, 0.1) is 13.2 Å². The minimum atomic E-state index is -0.163. The summed E-state index contributed by atoms with van der Waals surface area (Å²) in [5.41, 5.74) is 8.16. The Balaban J connectivity index is 2.30. The maximum absolute atomic E-state index is 6.14. The fourth-order valence-corrected chi connectivity index (χ4v) is 1.59. The summed E-state index contributed by atoms with van der Waals surface area (Å²) >= 11 is 0. The van der Waals surface area contributed by atoms with Gasteiger partial charge in [-0.1, -0.05) is 18.2 Å². The van der Waals surface area contributed by atoms with Gasteiger partial charge in [0.15, 0.2) is 0 Å². The highest BCUT2D eigenvalue weighted by Crippen LogP contribution is 2.22. The third kappa shape index (κ3) is 2.20. The third-order valence-electron chi connectivity index (χ3n) is 2.50. The van der Waals surface area contributed by atoms with E-state index in [0.29, 0.717) is 0 Å². The predicted molar refractivity (Wildman–Crippen MR) is 63.3 cm³/mol. The van der Waals surface area contributed by atoms with Crippen molar-refractivity contribution in [2.45, 2.75) is 6.04 Å². The van der Waals surface area contributed by atoms with Crippen LogP contribution in [0.25, 0.3) is 0 Å². The summed E-state index contributed by atoms with van der Waals surface area (Å²) in [6.45, 7) is 0. The Hall–Kier alpha value is -1.87. The molecule has 0 fully saturated rings. The number of hydrogen-bond donors (Lipinski definition) is 1. The summed E-state index contributed by atoms with van der Waals surface area (Å²) in [4.78, 5) is 4.06. The molecule has 3 nitrogen and oxygen atoms in total. The van der Waals surface area contributed by atoms with Crippen molar-refractivity contribution in [1.82, 2.24) is 4.98 Å². The van der Waals surface area contributed by atoms with E-state index in [1.54, 1.807) is 19.5 Å². The van der Waals surface area contributed by atoms with E-state index >= 15 is 0 Å². The fourth-order valence-electron chi connectivity index (χ4n) is 1.59. The largest absolute Gasteiger partial charge is 0.497 e. The van der Waals surface area contributed by atoms with E-state index in [1.165, 1.54) is 0 Å². The van der Waals surface area contributed by atoms with Crippen LogP contribution in [0.3, 0.4) is 0 Å².